The first kappa shape index (κ1) is 13.4. The van der Waals surface area contributed by atoms with Crippen molar-refractivity contribution in [1.82, 2.24) is 0 Å². The molecule has 0 aliphatic heterocycles. The molecule has 5 heteroatoms. The molecular formula is C15H10N2O3. The van der Waals surface area contributed by atoms with Crippen LogP contribution in [0.1, 0.15) is 11.1 Å². The third-order valence-corrected chi connectivity index (χ3v) is 2.64. The highest BCUT2D eigenvalue weighted by Crippen LogP contribution is 2.16. The van der Waals surface area contributed by atoms with Crippen molar-refractivity contribution >= 4 is 29.6 Å². The molecular weight excluding hydrogens is 256 g/mol. The second-order valence-electron chi connectivity index (χ2n) is 3.98. The van der Waals surface area contributed by atoms with Gasteiger partial charge in [-0.15, -0.1) is 0 Å². The van der Waals surface area contributed by atoms with E-state index in [4.69, 9.17) is 0 Å². The fourth-order valence-corrected chi connectivity index (χ4v) is 1.61. The fourth-order valence-electron chi connectivity index (χ4n) is 1.61. The van der Waals surface area contributed by atoms with E-state index in [0.29, 0.717) is 5.69 Å². The van der Waals surface area contributed by atoms with Gasteiger partial charge in [-0.1, -0.05) is 24.3 Å². The number of nitro groups is 1. The lowest BCUT2D eigenvalue weighted by Gasteiger charge is -1.96. The minimum atomic E-state index is -0.431. The first-order valence-corrected chi connectivity index (χ1v) is 5.79. The van der Waals surface area contributed by atoms with E-state index in [1.165, 1.54) is 18.2 Å². The molecule has 0 spiro atoms. The molecule has 0 heterocycles. The highest BCUT2D eigenvalue weighted by molar-refractivity contribution is 5.70. The molecule has 0 N–H and O–H groups in total. The molecule has 98 valence electrons. The Kier molecular flexibility index (Phi) is 4.17. The Hall–Kier alpha value is -3.04. The fraction of sp³-hybridized carbons (Fsp3) is 0. The van der Waals surface area contributed by atoms with Crippen LogP contribution in [-0.4, -0.2) is 11.0 Å². The lowest BCUT2D eigenvalue weighted by Crippen LogP contribution is -1.86. The van der Waals surface area contributed by atoms with Gasteiger partial charge in [0.05, 0.1) is 10.6 Å². The molecule has 0 saturated carbocycles. The predicted octanol–water partition coefficient (Wildman–Crippen LogP) is 3.73. The van der Waals surface area contributed by atoms with Crippen LogP contribution in [0.5, 0.6) is 0 Å². The minimum absolute atomic E-state index is 0.0678. The number of hydrogen-bond acceptors (Lipinski definition) is 4. The lowest BCUT2D eigenvalue weighted by molar-refractivity contribution is -0.384. The SMILES string of the molecule is O=C=Nc1ccc(/C=C/c2ccc([N+](=O)[O-])cc2)cc1. The number of carbonyl (C=O) groups excluding carboxylic acids is 1. The monoisotopic (exact) mass is 266 g/mol. The number of rotatable bonds is 4. The summed E-state index contributed by atoms with van der Waals surface area (Å²) in [5.41, 5.74) is 2.42. The van der Waals surface area contributed by atoms with E-state index >= 15 is 0 Å². The number of nitrogens with zero attached hydrogens (tertiary/aromatic N) is 2. The second-order valence-corrected chi connectivity index (χ2v) is 3.98. The van der Waals surface area contributed by atoms with Crippen molar-refractivity contribution < 1.29 is 9.72 Å². The summed E-state index contributed by atoms with van der Waals surface area (Å²) in [6.07, 6.45) is 5.20. The Morgan fingerprint density at radius 2 is 1.45 bits per heavy atom. The van der Waals surface area contributed by atoms with Gasteiger partial charge in [0.25, 0.3) is 5.69 Å². The predicted molar refractivity (Wildman–Crippen MR) is 76.2 cm³/mol. The Labute approximate surface area is 115 Å². The molecule has 2 rings (SSSR count). The third kappa shape index (κ3) is 3.48. The summed E-state index contributed by atoms with van der Waals surface area (Å²) < 4.78 is 0. The van der Waals surface area contributed by atoms with Gasteiger partial charge in [0, 0.05) is 12.1 Å². The maximum absolute atomic E-state index is 10.5. The Morgan fingerprint density at radius 3 is 1.90 bits per heavy atom. The van der Waals surface area contributed by atoms with Crippen molar-refractivity contribution in [3.05, 3.63) is 69.8 Å². The van der Waals surface area contributed by atoms with Gasteiger partial charge < -0.3 is 0 Å². The van der Waals surface area contributed by atoms with E-state index < -0.39 is 4.92 Å². The summed E-state index contributed by atoms with van der Waals surface area (Å²) in [6.45, 7) is 0. The zero-order chi connectivity index (χ0) is 14.4. The Morgan fingerprint density at radius 1 is 0.950 bits per heavy atom. The number of isocyanates is 1. The molecule has 0 radical (unpaired) electrons. The van der Waals surface area contributed by atoms with E-state index in [9.17, 15) is 14.9 Å². The number of nitro benzene ring substituents is 1. The standard InChI is InChI=1S/C15H10N2O3/c18-11-16-14-7-3-12(4-8-14)1-2-13-5-9-15(10-6-13)17(19)20/h1-10H/b2-1+. The maximum atomic E-state index is 10.5. The first-order valence-electron chi connectivity index (χ1n) is 5.79. The topological polar surface area (TPSA) is 72.6 Å². The van der Waals surface area contributed by atoms with Crippen LogP contribution in [0.25, 0.3) is 12.2 Å². The molecule has 0 aromatic heterocycles. The maximum Gasteiger partial charge on any atom is 0.269 e. The molecule has 0 fully saturated rings. The third-order valence-electron chi connectivity index (χ3n) is 2.64. The van der Waals surface area contributed by atoms with Gasteiger partial charge in [-0.2, -0.15) is 4.99 Å². The van der Waals surface area contributed by atoms with Crippen LogP contribution in [0, 0.1) is 10.1 Å². The van der Waals surface area contributed by atoms with Crippen molar-refractivity contribution in [2.45, 2.75) is 0 Å². The van der Waals surface area contributed by atoms with Crippen molar-refractivity contribution in [3.8, 4) is 0 Å². The molecule has 0 aliphatic carbocycles. The molecule has 20 heavy (non-hydrogen) atoms. The van der Waals surface area contributed by atoms with E-state index in [0.717, 1.165) is 11.1 Å². The number of hydrogen-bond donors (Lipinski definition) is 0. The van der Waals surface area contributed by atoms with Crippen LogP contribution in [0.4, 0.5) is 11.4 Å². The average Bonchev–Trinajstić information content (AvgIpc) is 2.47. The summed E-state index contributed by atoms with van der Waals surface area (Å²) >= 11 is 0. The second kappa shape index (κ2) is 6.22. The van der Waals surface area contributed by atoms with E-state index in [1.807, 2.05) is 24.3 Å². The molecule has 2 aromatic carbocycles. The van der Waals surface area contributed by atoms with Crippen molar-refractivity contribution in [1.29, 1.82) is 0 Å². The summed E-state index contributed by atoms with van der Waals surface area (Å²) in [7, 11) is 0. The molecule has 0 saturated heterocycles. The average molecular weight is 266 g/mol. The van der Waals surface area contributed by atoms with Gasteiger partial charge >= 0.3 is 0 Å². The van der Waals surface area contributed by atoms with Gasteiger partial charge in [0.1, 0.15) is 0 Å². The van der Waals surface area contributed by atoms with Crippen LogP contribution in [0.15, 0.2) is 53.5 Å². The smallest absolute Gasteiger partial charge is 0.258 e. The van der Waals surface area contributed by atoms with Crippen LogP contribution in [0.3, 0.4) is 0 Å². The quantitative estimate of drug-likeness (QED) is 0.278. The molecule has 0 bridgehead atoms. The van der Waals surface area contributed by atoms with Gasteiger partial charge in [-0.05, 0) is 35.4 Å². The van der Waals surface area contributed by atoms with Crippen LogP contribution in [-0.2, 0) is 4.79 Å². The molecule has 0 unspecified atom stereocenters. The van der Waals surface area contributed by atoms with Crippen LogP contribution >= 0.6 is 0 Å². The number of aliphatic imine (C=N–C) groups is 1. The molecule has 0 amide bonds. The lowest BCUT2D eigenvalue weighted by atomic mass is 10.1. The van der Waals surface area contributed by atoms with Crippen molar-refractivity contribution in [2.75, 3.05) is 0 Å². The Bertz CT molecular complexity index is 635. The van der Waals surface area contributed by atoms with Gasteiger partial charge in [0.2, 0.25) is 6.08 Å². The summed E-state index contributed by atoms with van der Waals surface area (Å²) in [5, 5.41) is 10.5. The van der Waals surface area contributed by atoms with Crippen LogP contribution < -0.4 is 0 Å². The largest absolute Gasteiger partial charge is 0.269 e. The number of non-ortho nitro benzene ring substituents is 1. The Balaban J connectivity index is 2.12. The van der Waals surface area contributed by atoms with E-state index in [2.05, 4.69) is 4.99 Å². The zero-order valence-electron chi connectivity index (χ0n) is 10.4. The minimum Gasteiger partial charge on any atom is -0.258 e. The van der Waals surface area contributed by atoms with Crippen molar-refractivity contribution in [2.24, 2.45) is 4.99 Å². The zero-order valence-corrected chi connectivity index (χ0v) is 10.4. The van der Waals surface area contributed by atoms with Gasteiger partial charge in [0.15, 0.2) is 0 Å². The van der Waals surface area contributed by atoms with E-state index in [-0.39, 0.29) is 5.69 Å². The highest BCUT2D eigenvalue weighted by atomic mass is 16.6. The highest BCUT2D eigenvalue weighted by Gasteiger charge is 2.02. The number of benzene rings is 2. The molecule has 2 aromatic rings. The first-order chi connectivity index (χ1) is 9.69. The summed E-state index contributed by atoms with van der Waals surface area (Å²) in [5.74, 6) is 0. The summed E-state index contributed by atoms with van der Waals surface area (Å²) in [6, 6.07) is 13.3. The van der Waals surface area contributed by atoms with Crippen LogP contribution in [0.2, 0.25) is 0 Å². The van der Waals surface area contributed by atoms with E-state index in [1.54, 1.807) is 24.3 Å². The molecule has 0 aliphatic rings. The summed E-state index contributed by atoms with van der Waals surface area (Å²) in [4.78, 5) is 23.7. The molecule has 5 nitrogen and oxygen atoms in total. The van der Waals surface area contributed by atoms with Gasteiger partial charge in [-0.25, -0.2) is 4.79 Å². The van der Waals surface area contributed by atoms with Crippen molar-refractivity contribution in [3.63, 3.8) is 0 Å². The molecule has 0 atom stereocenters. The van der Waals surface area contributed by atoms with Gasteiger partial charge in [-0.3, -0.25) is 10.1 Å². The normalized spacial score (nSPS) is 10.2.